The van der Waals surface area contributed by atoms with E-state index in [0.29, 0.717) is 12.1 Å². The van der Waals surface area contributed by atoms with Gasteiger partial charge in [-0.2, -0.15) is 13.5 Å². The first-order valence-electron chi connectivity index (χ1n) is 5.58. The van der Waals surface area contributed by atoms with Gasteiger partial charge in [0.1, 0.15) is 5.82 Å². The molecular weight excluding hydrogens is 271 g/mol. The van der Waals surface area contributed by atoms with Crippen molar-refractivity contribution in [2.24, 2.45) is 0 Å². The van der Waals surface area contributed by atoms with Crippen molar-refractivity contribution in [1.29, 1.82) is 0 Å². The summed E-state index contributed by atoms with van der Waals surface area (Å²) in [5.41, 5.74) is 1.42. The van der Waals surface area contributed by atoms with Crippen LogP contribution in [-0.2, 0) is 20.7 Å². The Balaban J connectivity index is 2.03. The van der Waals surface area contributed by atoms with Crippen LogP contribution in [0.15, 0.2) is 36.7 Å². The van der Waals surface area contributed by atoms with E-state index in [2.05, 4.69) is 9.28 Å². The maximum absolute atomic E-state index is 13.1. The average Bonchev–Trinajstić information content (AvgIpc) is 2.76. The molecule has 0 radical (unpaired) electrons. The van der Waals surface area contributed by atoms with Crippen LogP contribution >= 0.6 is 0 Å². The fraction of sp³-hybridized carbons (Fsp3) is 0.250. The smallest absolute Gasteiger partial charge is 0.264 e. The normalized spacial score (nSPS) is 11.7. The number of hydrogen-bond acceptors (Lipinski definition) is 4. The van der Waals surface area contributed by atoms with Crippen LogP contribution in [0, 0.1) is 5.82 Å². The molecule has 0 saturated carbocycles. The standard InChI is InChI=1S/C12H13FN2O3S/c1-19(16,17)18-6-5-10-8-14-15(9-10)12-4-2-3-11(13)7-12/h2-4,7-9H,5-6H2,1H3. The lowest BCUT2D eigenvalue weighted by atomic mass is 10.3. The number of hydrogen-bond donors (Lipinski definition) is 0. The van der Waals surface area contributed by atoms with E-state index in [1.807, 2.05) is 0 Å². The van der Waals surface area contributed by atoms with Crippen molar-refractivity contribution in [3.63, 3.8) is 0 Å². The van der Waals surface area contributed by atoms with Crippen LogP contribution in [0.3, 0.4) is 0 Å². The lowest BCUT2D eigenvalue weighted by Gasteiger charge is -2.00. The van der Waals surface area contributed by atoms with Crippen molar-refractivity contribution in [3.8, 4) is 5.69 Å². The third-order valence-electron chi connectivity index (χ3n) is 2.40. The van der Waals surface area contributed by atoms with Crippen molar-refractivity contribution in [3.05, 3.63) is 48.0 Å². The van der Waals surface area contributed by atoms with Gasteiger partial charge in [0.2, 0.25) is 0 Å². The second kappa shape index (κ2) is 5.50. The van der Waals surface area contributed by atoms with E-state index in [-0.39, 0.29) is 12.4 Å². The van der Waals surface area contributed by atoms with Gasteiger partial charge >= 0.3 is 0 Å². The van der Waals surface area contributed by atoms with Crippen molar-refractivity contribution in [2.45, 2.75) is 6.42 Å². The molecular formula is C12H13FN2O3S. The molecule has 2 aromatic rings. The first kappa shape index (κ1) is 13.7. The molecule has 0 aliphatic rings. The first-order chi connectivity index (χ1) is 8.94. The number of nitrogens with zero attached hydrogens (tertiary/aromatic N) is 2. The van der Waals surface area contributed by atoms with Crippen LogP contribution in [0.5, 0.6) is 0 Å². The van der Waals surface area contributed by atoms with E-state index in [0.717, 1.165) is 11.8 Å². The van der Waals surface area contributed by atoms with Crippen LogP contribution < -0.4 is 0 Å². The minimum Gasteiger partial charge on any atom is -0.270 e. The summed E-state index contributed by atoms with van der Waals surface area (Å²) in [5, 5.41) is 4.09. The summed E-state index contributed by atoms with van der Waals surface area (Å²) < 4.78 is 40.8. The monoisotopic (exact) mass is 284 g/mol. The molecule has 102 valence electrons. The fourth-order valence-corrected chi connectivity index (χ4v) is 1.95. The van der Waals surface area contributed by atoms with E-state index in [4.69, 9.17) is 0 Å². The summed E-state index contributed by atoms with van der Waals surface area (Å²) in [6, 6.07) is 6.04. The van der Waals surface area contributed by atoms with Crippen LogP contribution in [0.4, 0.5) is 4.39 Å². The zero-order valence-corrected chi connectivity index (χ0v) is 11.1. The molecule has 0 spiro atoms. The van der Waals surface area contributed by atoms with Crippen molar-refractivity contribution >= 4 is 10.1 Å². The van der Waals surface area contributed by atoms with Gasteiger partial charge < -0.3 is 0 Å². The average molecular weight is 284 g/mol. The summed E-state index contributed by atoms with van der Waals surface area (Å²) >= 11 is 0. The molecule has 0 aliphatic carbocycles. The van der Waals surface area contributed by atoms with Gasteiger partial charge in [0.25, 0.3) is 10.1 Å². The predicted molar refractivity (Wildman–Crippen MR) is 68.0 cm³/mol. The fourth-order valence-electron chi connectivity index (χ4n) is 1.56. The maximum atomic E-state index is 13.1. The third-order valence-corrected chi connectivity index (χ3v) is 2.99. The van der Waals surface area contributed by atoms with Gasteiger partial charge in [-0.05, 0) is 23.8 Å². The van der Waals surface area contributed by atoms with Gasteiger partial charge in [0.05, 0.1) is 24.7 Å². The highest BCUT2D eigenvalue weighted by molar-refractivity contribution is 7.85. The molecule has 0 saturated heterocycles. The molecule has 5 nitrogen and oxygen atoms in total. The first-order valence-corrected chi connectivity index (χ1v) is 7.39. The zero-order valence-electron chi connectivity index (χ0n) is 10.3. The van der Waals surface area contributed by atoms with Gasteiger partial charge in [0.15, 0.2) is 0 Å². The Morgan fingerprint density at radius 1 is 1.42 bits per heavy atom. The second-order valence-corrected chi connectivity index (χ2v) is 5.69. The van der Waals surface area contributed by atoms with Crippen molar-refractivity contribution < 1.29 is 17.0 Å². The molecule has 1 heterocycles. The van der Waals surface area contributed by atoms with Gasteiger partial charge in [0, 0.05) is 12.6 Å². The minimum atomic E-state index is -3.42. The number of rotatable bonds is 5. The molecule has 1 aromatic heterocycles. The van der Waals surface area contributed by atoms with E-state index in [1.165, 1.54) is 16.8 Å². The quantitative estimate of drug-likeness (QED) is 0.781. The van der Waals surface area contributed by atoms with Gasteiger partial charge in [-0.25, -0.2) is 9.07 Å². The Morgan fingerprint density at radius 2 is 2.21 bits per heavy atom. The van der Waals surface area contributed by atoms with Crippen molar-refractivity contribution in [2.75, 3.05) is 12.9 Å². The molecule has 19 heavy (non-hydrogen) atoms. The highest BCUT2D eigenvalue weighted by atomic mass is 32.2. The molecule has 0 amide bonds. The number of halogens is 1. The Morgan fingerprint density at radius 3 is 2.89 bits per heavy atom. The SMILES string of the molecule is CS(=O)(=O)OCCc1cnn(-c2cccc(F)c2)c1. The summed E-state index contributed by atoms with van der Waals surface area (Å²) in [6.07, 6.45) is 4.72. The van der Waals surface area contributed by atoms with Crippen LogP contribution in [-0.4, -0.2) is 31.1 Å². The molecule has 0 atom stereocenters. The molecule has 0 aliphatic heterocycles. The summed E-state index contributed by atoms with van der Waals surface area (Å²) in [5.74, 6) is -0.338. The van der Waals surface area contributed by atoms with Crippen LogP contribution in [0.2, 0.25) is 0 Å². The van der Waals surface area contributed by atoms with E-state index in [1.54, 1.807) is 24.5 Å². The molecule has 0 unspecified atom stereocenters. The second-order valence-electron chi connectivity index (χ2n) is 4.05. The Labute approximate surface area is 110 Å². The summed E-state index contributed by atoms with van der Waals surface area (Å²) in [6.45, 7) is 0.0632. The minimum absolute atomic E-state index is 0.0632. The van der Waals surface area contributed by atoms with Gasteiger partial charge in [-0.1, -0.05) is 6.07 Å². The van der Waals surface area contributed by atoms with Gasteiger partial charge in [-0.15, -0.1) is 0 Å². The molecule has 0 N–H and O–H groups in total. The van der Waals surface area contributed by atoms with E-state index >= 15 is 0 Å². The Kier molecular flexibility index (Phi) is 3.96. The van der Waals surface area contributed by atoms with Crippen LogP contribution in [0.1, 0.15) is 5.56 Å². The summed E-state index contributed by atoms with van der Waals surface area (Å²) in [4.78, 5) is 0. The molecule has 1 aromatic carbocycles. The lowest BCUT2D eigenvalue weighted by molar-refractivity contribution is 0.326. The molecule has 2 rings (SSSR count). The van der Waals surface area contributed by atoms with E-state index in [9.17, 15) is 12.8 Å². The Bertz CT molecular complexity index is 667. The Hall–Kier alpha value is -1.73. The van der Waals surface area contributed by atoms with Crippen molar-refractivity contribution in [1.82, 2.24) is 9.78 Å². The molecule has 0 fully saturated rings. The highest BCUT2D eigenvalue weighted by Gasteiger charge is 2.05. The third kappa shape index (κ3) is 4.15. The zero-order chi connectivity index (χ0) is 13.9. The van der Waals surface area contributed by atoms with Gasteiger partial charge in [-0.3, -0.25) is 4.18 Å². The number of benzene rings is 1. The molecule has 0 bridgehead atoms. The topological polar surface area (TPSA) is 61.2 Å². The summed E-state index contributed by atoms with van der Waals surface area (Å²) in [7, 11) is -3.42. The van der Waals surface area contributed by atoms with Crippen LogP contribution in [0.25, 0.3) is 5.69 Å². The highest BCUT2D eigenvalue weighted by Crippen LogP contribution is 2.10. The largest absolute Gasteiger partial charge is 0.270 e. The molecule has 7 heteroatoms. The maximum Gasteiger partial charge on any atom is 0.264 e. The lowest BCUT2D eigenvalue weighted by Crippen LogP contribution is -2.05. The number of aromatic nitrogens is 2. The van der Waals surface area contributed by atoms with E-state index < -0.39 is 10.1 Å². The predicted octanol–water partition coefficient (Wildman–Crippen LogP) is 1.53.